The van der Waals surface area contributed by atoms with Gasteiger partial charge in [0.25, 0.3) is 10.1 Å². The zero-order valence-electron chi connectivity index (χ0n) is 12.3. The van der Waals surface area contributed by atoms with E-state index in [1.807, 2.05) is 36.4 Å². The van der Waals surface area contributed by atoms with E-state index in [1.54, 1.807) is 31.5 Å². The number of hydrogen-bond donors (Lipinski definition) is 2. The van der Waals surface area contributed by atoms with Crippen LogP contribution in [0.4, 0.5) is 0 Å². The van der Waals surface area contributed by atoms with E-state index in [4.69, 9.17) is 9.66 Å². The molecular weight excluding hydrogens is 302 g/mol. The molecule has 0 saturated heterocycles. The van der Waals surface area contributed by atoms with E-state index in [0.29, 0.717) is 6.42 Å². The second-order valence-electron chi connectivity index (χ2n) is 4.49. The van der Waals surface area contributed by atoms with Gasteiger partial charge in [-0.25, -0.2) is 0 Å². The van der Waals surface area contributed by atoms with Crippen LogP contribution >= 0.6 is 0 Å². The molecule has 0 unspecified atom stereocenters. The third-order valence-electron chi connectivity index (χ3n) is 2.53. The minimum atomic E-state index is -3.67. The molecule has 2 aromatic rings. The Kier molecular flexibility index (Phi) is 7.28. The first kappa shape index (κ1) is 17.9. The van der Waals surface area contributed by atoms with Gasteiger partial charge in [-0.15, -0.1) is 0 Å². The van der Waals surface area contributed by atoms with E-state index in [2.05, 4.69) is 4.98 Å². The predicted molar refractivity (Wildman–Crippen MR) is 88.0 cm³/mol. The molecule has 0 spiro atoms. The first-order chi connectivity index (χ1) is 10.4. The molecule has 1 aromatic carbocycles. The van der Waals surface area contributed by atoms with Crippen LogP contribution in [-0.2, 0) is 10.1 Å². The summed E-state index contributed by atoms with van der Waals surface area (Å²) in [5, 5.41) is 9.11. The van der Waals surface area contributed by atoms with Gasteiger partial charge in [-0.1, -0.05) is 31.2 Å². The summed E-state index contributed by atoms with van der Waals surface area (Å²) in [7, 11) is -3.67. The van der Waals surface area contributed by atoms with Crippen LogP contribution in [0.2, 0.25) is 0 Å². The lowest BCUT2D eigenvalue weighted by molar-refractivity contribution is 0.475. The highest BCUT2D eigenvalue weighted by Gasteiger charge is 1.98. The highest BCUT2D eigenvalue weighted by Crippen LogP contribution is 2.12. The summed E-state index contributed by atoms with van der Waals surface area (Å²) in [5.41, 5.74) is 2.17. The fourth-order valence-corrected chi connectivity index (χ4v) is 2.03. The molecule has 0 amide bonds. The number of nitrogens with zero attached hydrogens (tertiary/aromatic N) is 1. The van der Waals surface area contributed by atoms with Gasteiger partial charge in [0.15, 0.2) is 0 Å². The van der Waals surface area contributed by atoms with Crippen molar-refractivity contribution < 1.29 is 18.1 Å². The maximum absolute atomic E-state index is 9.79. The van der Waals surface area contributed by atoms with Crippen LogP contribution in [0.1, 0.15) is 24.5 Å². The van der Waals surface area contributed by atoms with Crippen LogP contribution < -0.4 is 0 Å². The van der Waals surface area contributed by atoms with Crippen molar-refractivity contribution in [1.29, 1.82) is 0 Å². The number of aromatic hydroxyl groups is 1. The van der Waals surface area contributed by atoms with Gasteiger partial charge < -0.3 is 5.11 Å². The van der Waals surface area contributed by atoms with Gasteiger partial charge in [0.05, 0.1) is 5.75 Å². The smallest absolute Gasteiger partial charge is 0.264 e. The van der Waals surface area contributed by atoms with Gasteiger partial charge in [-0.05, 0) is 41.8 Å². The van der Waals surface area contributed by atoms with Gasteiger partial charge in [-0.3, -0.25) is 9.54 Å². The van der Waals surface area contributed by atoms with Crippen LogP contribution in [0.25, 0.3) is 12.2 Å². The fraction of sp³-hybridized carbons (Fsp3) is 0.188. The molecule has 2 N–H and O–H groups in total. The van der Waals surface area contributed by atoms with Crippen LogP contribution in [0.15, 0.2) is 48.8 Å². The molecule has 0 saturated carbocycles. The summed E-state index contributed by atoms with van der Waals surface area (Å²) < 4.78 is 27.6. The van der Waals surface area contributed by atoms with Crippen LogP contribution in [0.5, 0.6) is 5.75 Å². The van der Waals surface area contributed by atoms with Gasteiger partial charge in [0.2, 0.25) is 0 Å². The quantitative estimate of drug-likeness (QED) is 0.844. The second kappa shape index (κ2) is 8.96. The third-order valence-corrected chi connectivity index (χ3v) is 3.45. The molecule has 0 bridgehead atoms. The lowest BCUT2D eigenvalue weighted by Crippen LogP contribution is -2.01. The van der Waals surface area contributed by atoms with E-state index in [-0.39, 0.29) is 11.5 Å². The maximum atomic E-state index is 9.79. The van der Waals surface area contributed by atoms with E-state index < -0.39 is 10.1 Å². The van der Waals surface area contributed by atoms with Crippen molar-refractivity contribution in [1.82, 2.24) is 4.98 Å². The molecule has 0 fully saturated rings. The minimum Gasteiger partial charge on any atom is -0.508 e. The van der Waals surface area contributed by atoms with E-state index in [0.717, 1.165) is 11.1 Å². The van der Waals surface area contributed by atoms with Gasteiger partial charge in [0.1, 0.15) is 5.75 Å². The van der Waals surface area contributed by atoms with E-state index in [1.165, 1.54) is 0 Å². The summed E-state index contributed by atoms with van der Waals surface area (Å²) in [6.07, 6.45) is 7.99. The molecule has 0 aliphatic rings. The molecule has 22 heavy (non-hydrogen) atoms. The SMILES string of the molecule is CCCS(=O)(=O)O.Oc1ccc(C=Cc2ccncc2)cc1. The van der Waals surface area contributed by atoms with Gasteiger partial charge in [0, 0.05) is 12.4 Å². The molecule has 0 atom stereocenters. The number of aromatic nitrogens is 1. The minimum absolute atomic E-state index is 0.132. The van der Waals surface area contributed by atoms with Crippen molar-refractivity contribution in [3.8, 4) is 5.75 Å². The third kappa shape index (κ3) is 8.18. The summed E-state index contributed by atoms with van der Waals surface area (Å²) in [6.45, 7) is 1.69. The van der Waals surface area contributed by atoms with Crippen molar-refractivity contribution in [3.05, 3.63) is 59.9 Å². The van der Waals surface area contributed by atoms with E-state index in [9.17, 15) is 8.42 Å². The van der Waals surface area contributed by atoms with E-state index >= 15 is 0 Å². The molecule has 2 rings (SSSR count). The molecule has 1 heterocycles. The normalized spacial score (nSPS) is 11.0. The summed E-state index contributed by atoms with van der Waals surface area (Å²) in [5.74, 6) is 0.156. The van der Waals surface area contributed by atoms with Crippen molar-refractivity contribution >= 4 is 22.3 Å². The Morgan fingerprint density at radius 3 is 1.91 bits per heavy atom. The number of rotatable bonds is 4. The Balaban J connectivity index is 0.000000295. The fourth-order valence-electron chi connectivity index (χ4n) is 1.51. The molecular formula is C16H19NO4S. The Labute approximate surface area is 130 Å². The van der Waals surface area contributed by atoms with Gasteiger partial charge in [-0.2, -0.15) is 8.42 Å². The van der Waals surface area contributed by atoms with Crippen molar-refractivity contribution in [2.24, 2.45) is 0 Å². The zero-order chi connectivity index (χ0) is 16.4. The first-order valence-electron chi connectivity index (χ1n) is 6.73. The van der Waals surface area contributed by atoms with Crippen LogP contribution in [0, 0.1) is 0 Å². The number of phenols is 1. The lowest BCUT2D eigenvalue weighted by atomic mass is 10.1. The predicted octanol–water partition coefficient (Wildman–Crippen LogP) is 3.24. The van der Waals surface area contributed by atoms with Crippen LogP contribution in [-0.4, -0.2) is 28.8 Å². The number of phenolic OH excluding ortho intramolecular Hbond substituents is 1. The number of hydrogen-bond acceptors (Lipinski definition) is 4. The van der Waals surface area contributed by atoms with Crippen molar-refractivity contribution in [2.45, 2.75) is 13.3 Å². The molecule has 0 aliphatic heterocycles. The van der Waals surface area contributed by atoms with Crippen molar-refractivity contribution in [2.75, 3.05) is 5.75 Å². The Hall–Kier alpha value is -2.18. The highest BCUT2D eigenvalue weighted by molar-refractivity contribution is 7.85. The Morgan fingerprint density at radius 2 is 1.50 bits per heavy atom. The molecule has 0 radical (unpaired) electrons. The highest BCUT2D eigenvalue weighted by atomic mass is 32.2. The Morgan fingerprint density at radius 1 is 1.00 bits per heavy atom. The van der Waals surface area contributed by atoms with Crippen molar-refractivity contribution in [3.63, 3.8) is 0 Å². The molecule has 5 nitrogen and oxygen atoms in total. The molecule has 1 aromatic heterocycles. The summed E-state index contributed by atoms with van der Waals surface area (Å²) in [4.78, 5) is 3.95. The topological polar surface area (TPSA) is 87.5 Å². The number of pyridine rings is 1. The zero-order valence-corrected chi connectivity index (χ0v) is 13.1. The first-order valence-corrected chi connectivity index (χ1v) is 8.34. The largest absolute Gasteiger partial charge is 0.508 e. The lowest BCUT2D eigenvalue weighted by Gasteiger charge is -1.94. The molecule has 118 valence electrons. The average Bonchev–Trinajstić information content (AvgIpc) is 2.47. The second-order valence-corrected chi connectivity index (χ2v) is 6.06. The Bertz CT molecular complexity index is 680. The standard InChI is InChI=1S/C13H11NO.C3H8O3S/c15-13-5-3-11(4-6-13)1-2-12-7-9-14-10-8-12;1-2-3-7(4,5)6/h1-10,15H;2-3H2,1H3,(H,4,5,6). The summed E-state index contributed by atoms with van der Waals surface area (Å²) in [6, 6.07) is 11.0. The average molecular weight is 321 g/mol. The molecule has 0 aliphatic carbocycles. The maximum Gasteiger partial charge on any atom is 0.264 e. The van der Waals surface area contributed by atoms with Crippen LogP contribution in [0.3, 0.4) is 0 Å². The monoisotopic (exact) mass is 321 g/mol. The summed E-state index contributed by atoms with van der Waals surface area (Å²) >= 11 is 0. The molecule has 6 heteroatoms. The number of benzene rings is 1. The van der Waals surface area contributed by atoms with Gasteiger partial charge >= 0.3 is 0 Å².